The summed E-state index contributed by atoms with van der Waals surface area (Å²) in [4.78, 5) is 3.38. The third-order valence-corrected chi connectivity index (χ3v) is 5.95. The Morgan fingerprint density at radius 3 is 2.95 bits per heavy atom. The predicted molar refractivity (Wildman–Crippen MR) is 88.0 cm³/mol. The number of fused-ring (bicyclic) bond motifs is 1. The Hall–Kier alpha value is -0.750. The maximum Gasteiger partial charge on any atom is 0.179 e. The molecule has 0 saturated carbocycles. The summed E-state index contributed by atoms with van der Waals surface area (Å²) in [7, 11) is 2.02. The molecule has 20 heavy (non-hydrogen) atoms. The highest BCUT2D eigenvalue weighted by molar-refractivity contribution is 8.00. The molecular weight excluding hydrogens is 288 g/mol. The first-order chi connectivity index (χ1) is 9.54. The average molecular weight is 310 g/mol. The van der Waals surface area contributed by atoms with Crippen molar-refractivity contribution in [1.29, 1.82) is 0 Å². The van der Waals surface area contributed by atoms with Crippen molar-refractivity contribution in [1.82, 2.24) is 19.3 Å². The van der Waals surface area contributed by atoms with Gasteiger partial charge in [0.15, 0.2) is 10.4 Å². The number of thioether (sulfide) groups is 1. The van der Waals surface area contributed by atoms with Crippen LogP contribution in [-0.4, -0.2) is 29.8 Å². The summed E-state index contributed by atoms with van der Waals surface area (Å²) in [5.74, 6) is 1.27. The third kappa shape index (κ3) is 2.33. The SMILES string of the molecule is CCCc1nn(C)c2c1[nH]c(=S)n2CC1(C)CCCS1. The van der Waals surface area contributed by atoms with Crippen LogP contribution in [0, 0.1) is 4.77 Å². The molecule has 4 nitrogen and oxygen atoms in total. The molecule has 0 radical (unpaired) electrons. The first kappa shape index (κ1) is 14.2. The lowest BCUT2D eigenvalue weighted by Gasteiger charge is -2.23. The Bertz CT molecular complexity index is 673. The normalized spacial score (nSPS) is 22.9. The summed E-state index contributed by atoms with van der Waals surface area (Å²) >= 11 is 7.62. The number of aromatic amines is 1. The predicted octanol–water partition coefficient (Wildman–Crippen LogP) is 3.67. The van der Waals surface area contributed by atoms with Gasteiger partial charge in [0.2, 0.25) is 0 Å². The summed E-state index contributed by atoms with van der Waals surface area (Å²) < 4.78 is 5.37. The Morgan fingerprint density at radius 1 is 1.50 bits per heavy atom. The van der Waals surface area contributed by atoms with Crippen LogP contribution in [0.3, 0.4) is 0 Å². The summed E-state index contributed by atoms with van der Waals surface area (Å²) in [5.41, 5.74) is 3.41. The molecule has 1 N–H and O–H groups in total. The van der Waals surface area contributed by atoms with E-state index in [1.807, 2.05) is 11.7 Å². The second kappa shape index (κ2) is 5.22. The smallest absolute Gasteiger partial charge is 0.179 e. The molecule has 1 unspecified atom stereocenters. The van der Waals surface area contributed by atoms with Gasteiger partial charge >= 0.3 is 0 Å². The zero-order chi connectivity index (χ0) is 14.3. The van der Waals surface area contributed by atoms with Gasteiger partial charge in [-0.3, -0.25) is 4.68 Å². The fourth-order valence-corrected chi connectivity index (χ4v) is 4.68. The van der Waals surface area contributed by atoms with E-state index in [4.69, 9.17) is 12.2 Å². The van der Waals surface area contributed by atoms with Crippen LogP contribution < -0.4 is 0 Å². The highest BCUT2D eigenvalue weighted by Crippen LogP contribution is 2.39. The quantitative estimate of drug-likeness (QED) is 0.876. The fraction of sp³-hybridized carbons (Fsp3) is 0.714. The van der Waals surface area contributed by atoms with E-state index >= 15 is 0 Å². The minimum absolute atomic E-state index is 0.308. The van der Waals surface area contributed by atoms with Crippen LogP contribution in [-0.2, 0) is 20.0 Å². The number of imidazole rings is 1. The van der Waals surface area contributed by atoms with Crippen LogP contribution in [0.1, 0.15) is 38.8 Å². The summed E-state index contributed by atoms with van der Waals surface area (Å²) in [6.07, 6.45) is 4.68. The van der Waals surface area contributed by atoms with Gasteiger partial charge in [0.05, 0.1) is 5.69 Å². The molecule has 2 aromatic heterocycles. The van der Waals surface area contributed by atoms with E-state index in [-0.39, 0.29) is 0 Å². The Labute approximate surface area is 128 Å². The van der Waals surface area contributed by atoms with Gasteiger partial charge in [-0.1, -0.05) is 13.3 Å². The van der Waals surface area contributed by atoms with Crippen molar-refractivity contribution in [2.75, 3.05) is 5.75 Å². The van der Waals surface area contributed by atoms with Gasteiger partial charge < -0.3 is 9.55 Å². The largest absolute Gasteiger partial charge is 0.328 e. The lowest BCUT2D eigenvalue weighted by atomic mass is 10.1. The van der Waals surface area contributed by atoms with Gasteiger partial charge in [0, 0.05) is 18.3 Å². The van der Waals surface area contributed by atoms with E-state index in [1.54, 1.807) is 0 Å². The van der Waals surface area contributed by atoms with Crippen LogP contribution in [0.2, 0.25) is 0 Å². The number of aromatic nitrogens is 4. The van der Waals surface area contributed by atoms with E-state index in [2.05, 4.69) is 40.3 Å². The van der Waals surface area contributed by atoms with E-state index < -0.39 is 0 Å². The molecule has 1 aliphatic rings. The number of hydrogen-bond acceptors (Lipinski definition) is 3. The third-order valence-electron chi connectivity index (χ3n) is 4.10. The van der Waals surface area contributed by atoms with Crippen LogP contribution in [0.15, 0.2) is 0 Å². The second-order valence-corrected chi connectivity index (χ2v) is 8.01. The van der Waals surface area contributed by atoms with Crippen molar-refractivity contribution in [2.24, 2.45) is 7.05 Å². The highest BCUT2D eigenvalue weighted by Gasteiger charge is 2.31. The van der Waals surface area contributed by atoms with Crippen LogP contribution in [0.25, 0.3) is 11.2 Å². The van der Waals surface area contributed by atoms with Gasteiger partial charge in [-0.05, 0) is 44.2 Å². The van der Waals surface area contributed by atoms with Crippen molar-refractivity contribution in [2.45, 2.75) is 50.8 Å². The first-order valence-corrected chi connectivity index (χ1v) is 8.72. The van der Waals surface area contributed by atoms with Crippen molar-refractivity contribution in [3.8, 4) is 0 Å². The van der Waals surface area contributed by atoms with Gasteiger partial charge in [0.1, 0.15) is 5.52 Å². The van der Waals surface area contributed by atoms with E-state index in [0.29, 0.717) is 4.75 Å². The van der Waals surface area contributed by atoms with Crippen LogP contribution in [0.4, 0.5) is 0 Å². The molecule has 2 aromatic rings. The zero-order valence-electron chi connectivity index (χ0n) is 12.4. The summed E-state index contributed by atoms with van der Waals surface area (Å²) in [6, 6.07) is 0. The molecule has 1 saturated heterocycles. The minimum atomic E-state index is 0.308. The van der Waals surface area contributed by atoms with Gasteiger partial charge in [-0.2, -0.15) is 16.9 Å². The maximum atomic E-state index is 5.55. The topological polar surface area (TPSA) is 38.5 Å². The van der Waals surface area contributed by atoms with E-state index in [0.717, 1.165) is 41.0 Å². The van der Waals surface area contributed by atoms with Gasteiger partial charge in [-0.25, -0.2) is 0 Å². The molecule has 110 valence electrons. The fourth-order valence-electron chi connectivity index (χ4n) is 3.13. The van der Waals surface area contributed by atoms with Gasteiger partial charge in [-0.15, -0.1) is 0 Å². The van der Waals surface area contributed by atoms with Crippen molar-refractivity contribution in [3.05, 3.63) is 10.5 Å². The molecule has 1 aliphatic heterocycles. The number of hydrogen-bond donors (Lipinski definition) is 1. The summed E-state index contributed by atoms with van der Waals surface area (Å²) in [5, 5.41) is 4.65. The Balaban J connectivity index is 2.06. The molecule has 0 spiro atoms. The lowest BCUT2D eigenvalue weighted by Crippen LogP contribution is -2.24. The van der Waals surface area contributed by atoms with Crippen molar-refractivity contribution < 1.29 is 0 Å². The van der Waals surface area contributed by atoms with Crippen molar-refractivity contribution in [3.63, 3.8) is 0 Å². The van der Waals surface area contributed by atoms with Crippen molar-refractivity contribution >= 4 is 35.1 Å². The Kier molecular flexibility index (Phi) is 3.71. The number of rotatable bonds is 4. The zero-order valence-corrected chi connectivity index (χ0v) is 14.0. The molecule has 3 heterocycles. The maximum absolute atomic E-state index is 5.55. The van der Waals surface area contributed by atoms with Crippen LogP contribution in [0.5, 0.6) is 0 Å². The number of nitrogens with zero attached hydrogens (tertiary/aromatic N) is 3. The molecule has 1 fully saturated rings. The number of aryl methyl sites for hydroxylation is 2. The number of H-pyrrole nitrogens is 1. The molecule has 1 atom stereocenters. The number of nitrogens with one attached hydrogen (secondary N) is 1. The van der Waals surface area contributed by atoms with E-state index in [9.17, 15) is 0 Å². The molecule has 3 rings (SSSR count). The second-order valence-electron chi connectivity index (χ2n) is 5.94. The highest BCUT2D eigenvalue weighted by atomic mass is 32.2. The minimum Gasteiger partial charge on any atom is -0.328 e. The average Bonchev–Trinajstić information content (AvgIpc) is 3.02. The van der Waals surface area contributed by atoms with E-state index in [1.165, 1.54) is 18.6 Å². The van der Waals surface area contributed by atoms with Gasteiger partial charge in [0.25, 0.3) is 0 Å². The van der Waals surface area contributed by atoms with Crippen LogP contribution >= 0.6 is 24.0 Å². The molecule has 0 amide bonds. The molecule has 6 heteroatoms. The molecule has 0 aliphatic carbocycles. The molecular formula is C14H22N4S2. The Morgan fingerprint density at radius 2 is 2.30 bits per heavy atom. The molecule has 0 bridgehead atoms. The lowest BCUT2D eigenvalue weighted by molar-refractivity contribution is 0.508. The molecule has 0 aromatic carbocycles. The standard InChI is InChI=1S/C14H22N4S2/c1-4-6-10-11-12(17(3)16-10)18(13(19)15-11)9-14(2)7-5-8-20-14/h4-9H2,1-3H3,(H,15,19). The summed E-state index contributed by atoms with van der Waals surface area (Å²) in [6.45, 7) is 5.51. The monoisotopic (exact) mass is 310 g/mol. The first-order valence-electron chi connectivity index (χ1n) is 7.32.